The first-order valence-corrected chi connectivity index (χ1v) is 3.92. The first-order chi connectivity index (χ1) is 6.27. The maximum Gasteiger partial charge on any atom is 0.239 e. The Morgan fingerprint density at radius 3 is 2.92 bits per heavy atom. The maximum absolute atomic E-state index is 5.88. The SMILES string of the molecule is Nc1ncn(-c2ccncc2Cl)n1. The van der Waals surface area contributed by atoms with Crippen molar-refractivity contribution in [2.45, 2.75) is 0 Å². The molecule has 2 rings (SSSR count). The quantitative estimate of drug-likeness (QED) is 0.734. The number of anilines is 1. The lowest BCUT2D eigenvalue weighted by Gasteiger charge is -2.00. The topological polar surface area (TPSA) is 69.6 Å². The molecule has 0 aromatic carbocycles. The van der Waals surface area contributed by atoms with Gasteiger partial charge in [-0.15, -0.1) is 5.10 Å². The highest BCUT2D eigenvalue weighted by Crippen LogP contribution is 2.16. The monoisotopic (exact) mass is 195 g/mol. The minimum Gasteiger partial charge on any atom is -0.366 e. The van der Waals surface area contributed by atoms with Crippen molar-refractivity contribution < 1.29 is 0 Å². The normalized spacial score (nSPS) is 10.2. The van der Waals surface area contributed by atoms with Crippen LogP contribution >= 0.6 is 11.6 Å². The van der Waals surface area contributed by atoms with Crippen molar-refractivity contribution in [3.8, 4) is 5.69 Å². The van der Waals surface area contributed by atoms with Crippen LogP contribution in [0.2, 0.25) is 5.02 Å². The van der Waals surface area contributed by atoms with E-state index in [0.717, 1.165) is 0 Å². The van der Waals surface area contributed by atoms with E-state index in [1.807, 2.05) is 0 Å². The first-order valence-electron chi connectivity index (χ1n) is 3.54. The number of nitrogen functional groups attached to an aromatic ring is 1. The molecule has 0 amide bonds. The van der Waals surface area contributed by atoms with E-state index in [4.69, 9.17) is 17.3 Å². The molecular formula is C7H6ClN5. The van der Waals surface area contributed by atoms with Crippen LogP contribution in [0.3, 0.4) is 0 Å². The summed E-state index contributed by atoms with van der Waals surface area (Å²) in [6, 6.07) is 1.73. The van der Waals surface area contributed by atoms with E-state index in [9.17, 15) is 0 Å². The standard InChI is InChI=1S/C7H6ClN5/c8-5-3-10-2-1-6(5)13-4-11-7(9)12-13/h1-4H,(H2,9,12). The summed E-state index contributed by atoms with van der Waals surface area (Å²) in [4.78, 5) is 7.64. The van der Waals surface area contributed by atoms with Crippen LogP contribution in [-0.2, 0) is 0 Å². The van der Waals surface area contributed by atoms with Crippen LogP contribution in [-0.4, -0.2) is 19.7 Å². The highest BCUT2D eigenvalue weighted by Gasteiger charge is 2.03. The third kappa shape index (κ3) is 1.46. The van der Waals surface area contributed by atoms with Crippen LogP contribution in [0.5, 0.6) is 0 Å². The van der Waals surface area contributed by atoms with E-state index in [-0.39, 0.29) is 5.95 Å². The number of rotatable bonds is 1. The van der Waals surface area contributed by atoms with Gasteiger partial charge in [-0.25, -0.2) is 9.67 Å². The summed E-state index contributed by atoms with van der Waals surface area (Å²) in [7, 11) is 0. The van der Waals surface area contributed by atoms with Gasteiger partial charge < -0.3 is 5.73 Å². The highest BCUT2D eigenvalue weighted by molar-refractivity contribution is 6.32. The van der Waals surface area contributed by atoms with Crippen molar-refractivity contribution >= 4 is 17.5 Å². The van der Waals surface area contributed by atoms with Crippen molar-refractivity contribution in [2.75, 3.05) is 5.73 Å². The molecule has 2 aromatic heterocycles. The molecule has 0 saturated carbocycles. The second-order valence-electron chi connectivity index (χ2n) is 2.37. The van der Waals surface area contributed by atoms with Crippen molar-refractivity contribution in [1.29, 1.82) is 0 Å². The number of halogens is 1. The van der Waals surface area contributed by atoms with Gasteiger partial charge in [0, 0.05) is 12.4 Å². The summed E-state index contributed by atoms with van der Waals surface area (Å²) in [5.74, 6) is 0.216. The molecule has 0 aliphatic carbocycles. The van der Waals surface area contributed by atoms with Gasteiger partial charge in [-0.3, -0.25) is 4.98 Å². The zero-order valence-corrected chi connectivity index (χ0v) is 7.31. The predicted octanol–water partition coefficient (Wildman–Crippen LogP) is 0.898. The van der Waals surface area contributed by atoms with E-state index >= 15 is 0 Å². The summed E-state index contributed by atoms with van der Waals surface area (Å²) < 4.78 is 1.50. The molecule has 6 heteroatoms. The van der Waals surface area contributed by atoms with Gasteiger partial charge in [-0.05, 0) is 6.07 Å². The van der Waals surface area contributed by atoms with Crippen LogP contribution in [0.25, 0.3) is 5.69 Å². The third-order valence-corrected chi connectivity index (χ3v) is 1.80. The molecule has 0 fully saturated rings. The summed E-state index contributed by atoms with van der Waals surface area (Å²) in [6.07, 6.45) is 4.66. The fraction of sp³-hybridized carbons (Fsp3) is 0. The molecule has 0 aliphatic heterocycles. The number of nitrogens with zero attached hydrogens (tertiary/aromatic N) is 4. The largest absolute Gasteiger partial charge is 0.366 e. The Balaban J connectivity index is 2.52. The lowest BCUT2D eigenvalue weighted by atomic mass is 10.4. The molecule has 0 bridgehead atoms. The van der Waals surface area contributed by atoms with Gasteiger partial charge in [0.1, 0.15) is 6.33 Å². The lowest BCUT2D eigenvalue weighted by molar-refractivity contribution is 0.880. The molecule has 0 spiro atoms. The molecule has 0 unspecified atom stereocenters. The number of hydrogen-bond acceptors (Lipinski definition) is 4. The minimum absolute atomic E-state index is 0.216. The van der Waals surface area contributed by atoms with Gasteiger partial charge in [0.15, 0.2) is 0 Å². The van der Waals surface area contributed by atoms with Gasteiger partial charge in [0.05, 0.1) is 10.7 Å². The molecule has 0 radical (unpaired) electrons. The average Bonchev–Trinajstić information content (AvgIpc) is 2.53. The van der Waals surface area contributed by atoms with Crippen LogP contribution < -0.4 is 5.73 Å². The van der Waals surface area contributed by atoms with Crippen molar-refractivity contribution in [3.05, 3.63) is 29.8 Å². The summed E-state index contributed by atoms with van der Waals surface area (Å²) >= 11 is 5.88. The van der Waals surface area contributed by atoms with Crippen molar-refractivity contribution in [2.24, 2.45) is 0 Å². The molecule has 66 valence electrons. The first kappa shape index (κ1) is 8.00. The average molecular weight is 196 g/mol. The zero-order valence-electron chi connectivity index (χ0n) is 6.55. The Labute approximate surface area is 79.2 Å². The second-order valence-corrected chi connectivity index (χ2v) is 2.78. The molecule has 13 heavy (non-hydrogen) atoms. The molecule has 0 atom stereocenters. The number of pyridine rings is 1. The molecular weight excluding hydrogens is 190 g/mol. The number of nitrogens with two attached hydrogens (primary N) is 1. The van der Waals surface area contributed by atoms with Crippen LogP contribution in [0.15, 0.2) is 24.8 Å². The van der Waals surface area contributed by atoms with E-state index < -0.39 is 0 Å². The van der Waals surface area contributed by atoms with Crippen LogP contribution in [0.4, 0.5) is 5.95 Å². The van der Waals surface area contributed by atoms with E-state index in [1.165, 1.54) is 17.2 Å². The van der Waals surface area contributed by atoms with Gasteiger partial charge in [0.25, 0.3) is 0 Å². The van der Waals surface area contributed by atoms with Crippen molar-refractivity contribution in [1.82, 2.24) is 19.7 Å². The van der Waals surface area contributed by atoms with Crippen LogP contribution in [0, 0.1) is 0 Å². The number of aromatic nitrogens is 4. The molecule has 5 nitrogen and oxygen atoms in total. The molecule has 2 heterocycles. The number of hydrogen-bond donors (Lipinski definition) is 1. The highest BCUT2D eigenvalue weighted by atomic mass is 35.5. The summed E-state index contributed by atoms with van der Waals surface area (Å²) in [6.45, 7) is 0. The van der Waals surface area contributed by atoms with Gasteiger partial charge in [-0.1, -0.05) is 11.6 Å². The van der Waals surface area contributed by atoms with Gasteiger partial charge >= 0.3 is 0 Å². The Kier molecular flexibility index (Phi) is 1.86. The summed E-state index contributed by atoms with van der Waals surface area (Å²) in [5, 5.41) is 4.42. The molecule has 0 aliphatic rings. The van der Waals surface area contributed by atoms with Gasteiger partial charge in [-0.2, -0.15) is 0 Å². The van der Waals surface area contributed by atoms with Crippen LogP contribution in [0.1, 0.15) is 0 Å². The fourth-order valence-corrected chi connectivity index (χ4v) is 1.15. The Morgan fingerprint density at radius 1 is 1.46 bits per heavy atom. The summed E-state index contributed by atoms with van der Waals surface area (Å²) in [5.41, 5.74) is 6.07. The Hall–Kier alpha value is -1.62. The molecule has 0 saturated heterocycles. The predicted molar refractivity (Wildman–Crippen MR) is 48.6 cm³/mol. The molecule has 2 N–H and O–H groups in total. The van der Waals surface area contributed by atoms with Crippen molar-refractivity contribution in [3.63, 3.8) is 0 Å². The smallest absolute Gasteiger partial charge is 0.239 e. The van der Waals surface area contributed by atoms with E-state index in [2.05, 4.69) is 15.1 Å². The minimum atomic E-state index is 0.216. The molecule has 2 aromatic rings. The Bertz CT molecular complexity index is 424. The fourth-order valence-electron chi connectivity index (χ4n) is 0.946. The third-order valence-electron chi connectivity index (χ3n) is 1.51. The van der Waals surface area contributed by atoms with E-state index in [1.54, 1.807) is 12.3 Å². The van der Waals surface area contributed by atoms with Gasteiger partial charge in [0.2, 0.25) is 5.95 Å². The van der Waals surface area contributed by atoms with E-state index in [0.29, 0.717) is 10.7 Å². The zero-order chi connectivity index (χ0) is 9.26. The maximum atomic E-state index is 5.88. The second kappa shape index (κ2) is 3.02. The Morgan fingerprint density at radius 2 is 2.31 bits per heavy atom. The lowest BCUT2D eigenvalue weighted by Crippen LogP contribution is -1.97.